The molecule has 0 saturated heterocycles. The highest BCUT2D eigenvalue weighted by molar-refractivity contribution is 5.28. The van der Waals surface area contributed by atoms with E-state index in [0.717, 1.165) is 0 Å². The predicted octanol–water partition coefficient (Wildman–Crippen LogP) is 1.95. The molecule has 0 fully saturated rings. The molecule has 1 aromatic rings. The molecule has 0 aliphatic rings. The van der Waals surface area contributed by atoms with Gasteiger partial charge in [-0.15, -0.1) is 5.92 Å². The van der Waals surface area contributed by atoms with Gasteiger partial charge in [0.1, 0.15) is 11.6 Å². The number of nitrogens with one attached hydrogen (secondary N) is 1. The standard InChI is InChI=1S/C12H14FNO/c1-3-4-7-14-9-10-5-6-11(15-2)8-12(10)13/h5-6,8,14H,7,9H2,1-2H3. The van der Waals surface area contributed by atoms with Crippen LogP contribution in [0.2, 0.25) is 0 Å². The zero-order valence-electron chi connectivity index (χ0n) is 8.93. The van der Waals surface area contributed by atoms with E-state index in [0.29, 0.717) is 24.4 Å². The number of benzene rings is 1. The Kier molecular flexibility index (Phi) is 4.65. The Hall–Kier alpha value is -1.53. The topological polar surface area (TPSA) is 21.3 Å². The number of hydrogen-bond donors (Lipinski definition) is 1. The van der Waals surface area contributed by atoms with Gasteiger partial charge in [-0.3, -0.25) is 0 Å². The summed E-state index contributed by atoms with van der Waals surface area (Å²) in [6.07, 6.45) is 0. The summed E-state index contributed by atoms with van der Waals surface area (Å²) in [5.74, 6) is 5.89. The molecule has 0 amide bonds. The van der Waals surface area contributed by atoms with Crippen molar-refractivity contribution in [1.82, 2.24) is 5.32 Å². The SMILES string of the molecule is CC#CCNCc1ccc(OC)cc1F. The van der Waals surface area contributed by atoms with Gasteiger partial charge in [-0.2, -0.15) is 0 Å². The van der Waals surface area contributed by atoms with E-state index in [4.69, 9.17) is 4.74 Å². The highest BCUT2D eigenvalue weighted by Crippen LogP contribution is 2.15. The Morgan fingerprint density at radius 1 is 1.47 bits per heavy atom. The normalized spacial score (nSPS) is 9.27. The van der Waals surface area contributed by atoms with Gasteiger partial charge in [-0.05, 0) is 13.0 Å². The smallest absolute Gasteiger partial charge is 0.131 e. The van der Waals surface area contributed by atoms with Gasteiger partial charge in [0.05, 0.1) is 13.7 Å². The molecule has 1 aromatic carbocycles. The van der Waals surface area contributed by atoms with Crippen LogP contribution in [0, 0.1) is 17.7 Å². The molecule has 0 unspecified atom stereocenters. The van der Waals surface area contributed by atoms with Crippen LogP contribution in [0.1, 0.15) is 12.5 Å². The third-order valence-corrected chi connectivity index (χ3v) is 1.97. The van der Waals surface area contributed by atoms with Gasteiger partial charge in [0, 0.05) is 18.2 Å². The monoisotopic (exact) mass is 207 g/mol. The molecule has 1 rings (SSSR count). The van der Waals surface area contributed by atoms with Crippen molar-refractivity contribution in [3.63, 3.8) is 0 Å². The van der Waals surface area contributed by atoms with E-state index >= 15 is 0 Å². The highest BCUT2D eigenvalue weighted by atomic mass is 19.1. The van der Waals surface area contributed by atoms with E-state index in [1.807, 2.05) is 0 Å². The largest absolute Gasteiger partial charge is 0.497 e. The van der Waals surface area contributed by atoms with Gasteiger partial charge in [0.15, 0.2) is 0 Å². The summed E-state index contributed by atoms with van der Waals surface area (Å²) in [5.41, 5.74) is 0.619. The molecule has 3 heteroatoms. The van der Waals surface area contributed by atoms with E-state index in [9.17, 15) is 4.39 Å². The van der Waals surface area contributed by atoms with E-state index in [2.05, 4.69) is 17.2 Å². The van der Waals surface area contributed by atoms with Gasteiger partial charge < -0.3 is 10.1 Å². The summed E-state index contributed by atoms with van der Waals surface area (Å²) in [6.45, 7) is 2.82. The van der Waals surface area contributed by atoms with Crippen LogP contribution in [-0.2, 0) is 6.54 Å². The van der Waals surface area contributed by atoms with Gasteiger partial charge in [-0.1, -0.05) is 12.0 Å². The minimum atomic E-state index is -0.258. The van der Waals surface area contributed by atoms with Crippen molar-refractivity contribution in [3.05, 3.63) is 29.6 Å². The second-order valence-electron chi connectivity index (χ2n) is 2.99. The number of methoxy groups -OCH3 is 1. The van der Waals surface area contributed by atoms with E-state index in [-0.39, 0.29) is 5.82 Å². The minimum Gasteiger partial charge on any atom is -0.497 e. The van der Waals surface area contributed by atoms with E-state index in [1.54, 1.807) is 19.1 Å². The summed E-state index contributed by atoms with van der Waals surface area (Å²) in [7, 11) is 1.52. The Morgan fingerprint density at radius 3 is 2.87 bits per heavy atom. The Bertz CT molecular complexity index is 379. The summed E-state index contributed by atoms with van der Waals surface area (Å²) < 4.78 is 18.3. The average molecular weight is 207 g/mol. The molecule has 0 bridgehead atoms. The number of ether oxygens (including phenoxy) is 1. The van der Waals surface area contributed by atoms with Crippen LogP contribution in [0.5, 0.6) is 5.75 Å². The van der Waals surface area contributed by atoms with Crippen molar-refractivity contribution in [3.8, 4) is 17.6 Å². The first-order valence-electron chi connectivity index (χ1n) is 4.70. The lowest BCUT2D eigenvalue weighted by Crippen LogP contribution is -2.14. The number of rotatable bonds is 4. The predicted molar refractivity (Wildman–Crippen MR) is 58.1 cm³/mol. The van der Waals surface area contributed by atoms with Gasteiger partial charge in [0.25, 0.3) is 0 Å². The lowest BCUT2D eigenvalue weighted by atomic mass is 10.2. The second kappa shape index (κ2) is 6.05. The number of hydrogen-bond acceptors (Lipinski definition) is 2. The third-order valence-electron chi connectivity index (χ3n) is 1.97. The van der Waals surface area contributed by atoms with Crippen molar-refractivity contribution in [1.29, 1.82) is 0 Å². The van der Waals surface area contributed by atoms with Crippen LogP contribution in [0.15, 0.2) is 18.2 Å². The van der Waals surface area contributed by atoms with Crippen LogP contribution < -0.4 is 10.1 Å². The molecular weight excluding hydrogens is 193 g/mol. The van der Waals surface area contributed by atoms with Crippen LogP contribution >= 0.6 is 0 Å². The van der Waals surface area contributed by atoms with E-state index in [1.165, 1.54) is 13.2 Å². The van der Waals surface area contributed by atoms with Crippen molar-refractivity contribution in [2.75, 3.05) is 13.7 Å². The van der Waals surface area contributed by atoms with Crippen LogP contribution in [0.4, 0.5) is 4.39 Å². The van der Waals surface area contributed by atoms with Crippen LogP contribution in [0.25, 0.3) is 0 Å². The fraction of sp³-hybridized carbons (Fsp3) is 0.333. The van der Waals surface area contributed by atoms with Crippen LogP contribution in [0.3, 0.4) is 0 Å². The second-order valence-corrected chi connectivity index (χ2v) is 2.99. The molecule has 2 nitrogen and oxygen atoms in total. The summed E-state index contributed by atoms with van der Waals surface area (Å²) in [5, 5.41) is 3.03. The quantitative estimate of drug-likeness (QED) is 0.602. The molecule has 0 aromatic heterocycles. The highest BCUT2D eigenvalue weighted by Gasteiger charge is 2.02. The summed E-state index contributed by atoms with van der Waals surface area (Å²) in [4.78, 5) is 0. The van der Waals surface area contributed by atoms with E-state index < -0.39 is 0 Å². The molecule has 0 spiro atoms. The molecule has 1 N–H and O–H groups in total. The van der Waals surface area contributed by atoms with Crippen molar-refractivity contribution in [2.24, 2.45) is 0 Å². The van der Waals surface area contributed by atoms with Crippen molar-refractivity contribution < 1.29 is 9.13 Å². The molecule has 0 atom stereocenters. The fourth-order valence-corrected chi connectivity index (χ4v) is 1.15. The van der Waals surface area contributed by atoms with Gasteiger partial charge in [-0.25, -0.2) is 4.39 Å². The molecule has 0 aliphatic carbocycles. The molecular formula is C12H14FNO. The fourth-order valence-electron chi connectivity index (χ4n) is 1.15. The first-order valence-corrected chi connectivity index (χ1v) is 4.70. The molecule has 0 heterocycles. The molecule has 0 aliphatic heterocycles. The maximum Gasteiger partial charge on any atom is 0.131 e. The first kappa shape index (κ1) is 11.5. The number of halogens is 1. The Labute approximate surface area is 89.4 Å². The Balaban J connectivity index is 2.56. The maximum absolute atomic E-state index is 13.4. The third kappa shape index (κ3) is 3.61. The average Bonchev–Trinajstić information content (AvgIpc) is 2.26. The van der Waals surface area contributed by atoms with Crippen molar-refractivity contribution >= 4 is 0 Å². The molecule has 0 radical (unpaired) electrons. The summed E-state index contributed by atoms with van der Waals surface area (Å²) >= 11 is 0. The van der Waals surface area contributed by atoms with Gasteiger partial charge in [0.2, 0.25) is 0 Å². The Morgan fingerprint density at radius 2 is 2.27 bits per heavy atom. The lowest BCUT2D eigenvalue weighted by Gasteiger charge is -2.05. The zero-order chi connectivity index (χ0) is 11.1. The lowest BCUT2D eigenvalue weighted by molar-refractivity contribution is 0.410. The minimum absolute atomic E-state index is 0.258. The molecule has 80 valence electrons. The first-order chi connectivity index (χ1) is 7.27. The zero-order valence-corrected chi connectivity index (χ0v) is 8.93. The molecule has 0 saturated carbocycles. The van der Waals surface area contributed by atoms with Crippen LogP contribution in [-0.4, -0.2) is 13.7 Å². The van der Waals surface area contributed by atoms with Gasteiger partial charge >= 0.3 is 0 Å². The van der Waals surface area contributed by atoms with Crippen molar-refractivity contribution in [2.45, 2.75) is 13.5 Å². The molecule has 15 heavy (non-hydrogen) atoms. The summed E-state index contributed by atoms with van der Waals surface area (Å²) in [6, 6.07) is 4.83. The maximum atomic E-state index is 13.4.